The predicted octanol–water partition coefficient (Wildman–Crippen LogP) is 4.40. The number of hydrogen-bond donors (Lipinski definition) is 1. The van der Waals surface area contributed by atoms with Gasteiger partial charge in [0.25, 0.3) is 0 Å². The molecule has 0 aromatic heterocycles. The van der Waals surface area contributed by atoms with Crippen LogP contribution < -0.4 is 0 Å². The Hall–Kier alpha value is -2.09. The highest BCUT2D eigenvalue weighted by atomic mass is 19.4. The monoisotopic (exact) mass is 338 g/mol. The van der Waals surface area contributed by atoms with Crippen molar-refractivity contribution in [2.75, 3.05) is 0 Å². The first-order valence-corrected chi connectivity index (χ1v) is 6.19. The summed E-state index contributed by atoms with van der Waals surface area (Å²) in [6.07, 6.45) is -6.09. The fourth-order valence-electron chi connectivity index (χ4n) is 2.12. The summed E-state index contributed by atoms with van der Waals surface area (Å²) in [5, 5.41) is 10.3. The average molecular weight is 338 g/mol. The van der Waals surface area contributed by atoms with Crippen LogP contribution in [0.4, 0.5) is 30.7 Å². The molecule has 0 saturated heterocycles. The van der Waals surface area contributed by atoms with Crippen molar-refractivity contribution in [3.05, 3.63) is 71.3 Å². The zero-order valence-corrected chi connectivity index (χ0v) is 11.2. The van der Waals surface area contributed by atoms with Crippen LogP contribution in [0.3, 0.4) is 0 Å². The molecule has 0 aliphatic carbocycles. The molecule has 2 aromatic carbocycles. The van der Waals surface area contributed by atoms with Crippen molar-refractivity contribution in [3.63, 3.8) is 0 Å². The SMILES string of the molecule is OC(c1ccc(F)cc1)(c1ccc(F)cc1)C(F)(F)C(F)(F)F. The normalized spacial score (nSPS) is 13.2. The highest BCUT2D eigenvalue weighted by Gasteiger charge is 2.71. The van der Waals surface area contributed by atoms with Crippen LogP contribution in [0.25, 0.3) is 0 Å². The van der Waals surface area contributed by atoms with Gasteiger partial charge in [-0.15, -0.1) is 0 Å². The molecular formula is C15H9F7O. The molecule has 23 heavy (non-hydrogen) atoms. The molecule has 1 N–H and O–H groups in total. The molecule has 0 aliphatic heterocycles. The molecule has 0 atom stereocenters. The van der Waals surface area contributed by atoms with Crippen molar-refractivity contribution in [2.45, 2.75) is 17.7 Å². The summed E-state index contributed by atoms with van der Waals surface area (Å²) in [5.41, 5.74) is -5.60. The summed E-state index contributed by atoms with van der Waals surface area (Å²) in [7, 11) is 0. The highest BCUT2D eigenvalue weighted by molar-refractivity contribution is 5.39. The number of aliphatic hydroxyl groups is 1. The molecule has 2 rings (SSSR count). The number of benzene rings is 2. The molecule has 0 saturated carbocycles. The van der Waals surface area contributed by atoms with Gasteiger partial charge in [0.1, 0.15) is 11.6 Å². The third kappa shape index (κ3) is 2.78. The first-order chi connectivity index (χ1) is 10.5. The maximum Gasteiger partial charge on any atom is 0.457 e. The van der Waals surface area contributed by atoms with E-state index in [4.69, 9.17) is 0 Å². The van der Waals surface area contributed by atoms with Gasteiger partial charge in [0.2, 0.25) is 0 Å². The van der Waals surface area contributed by atoms with Gasteiger partial charge in [-0.3, -0.25) is 0 Å². The minimum absolute atomic E-state index is 0.609. The second kappa shape index (κ2) is 5.52. The molecular weight excluding hydrogens is 329 g/mol. The third-order valence-corrected chi connectivity index (χ3v) is 3.33. The predicted molar refractivity (Wildman–Crippen MR) is 66.8 cm³/mol. The van der Waals surface area contributed by atoms with Crippen molar-refractivity contribution < 1.29 is 35.8 Å². The van der Waals surface area contributed by atoms with Crippen LogP contribution in [0.2, 0.25) is 0 Å². The first-order valence-electron chi connectivity index (χ1n) is 6.19. The molecule has 0 aliphatic rings. The summed E-state index contributed by atoms with van der Waals surface area (Å²) in [4.78, 5) is 0. The maximum absolute atomic E-state index is 14.0. The van der Waals surface area contributed by atoms with Crippen molar-refractivity contribution in [1.29, 1.82) is 0 Å². The van der Waals surface area contributed by atoms with Crippen LogP contribution >= 0.6 is 0 Å². The Kier molecular flexibility index (Phi) is 4.14. The number of alkyl halides is 5. The summed E-state index contributed by atoms with van der Waals surface area (Å²) in [6.45, 7) is 0. The molecule has 0 amide bonds. The van der Waals surface area contributed by atoms with Gasteiger partial charge in [-0.2, -0.15) is 22.0 Å². The second-order valence-electron chi connectivity index (χ2n) is 4.80. The fourth-order valence-corrected chi connectivity index (χ4v) is 2.12. The van der Waals surface area contributed by atoms with Crippen LogP contribution in [0, 0.1) is 11.6 Å². The van der Waals surface area contributed by atoms with E-state index in [1.807, 2.05) is 0 Å². The largest absolute Gasteiger partial charge is 0.457 e. The number of hydrogen-bond acceptors (Lipinski definition) is 1. The molecule has 0 bridgehead atoms. The molecule has 1 nitrogen and oxygen atoms in total. The fraction of sp³-hybridized carbons (Fsp3) is 0.200. The van der Waals surface area contributed by atoms with Crippen LogP contribution in [0.1, 0.15) is 11.1 Å². The Labute approximate surface area is 126 Å². The van der Waals surface area contributed by atoms with E-state index in [-0.39, 0.29) is 0 Å². The molecule has 0 fully saturated rings. The van der Waals surface area contributed by atoms with E-state index in [1.54, 1.807) is 0 Å². The van der Waals surface area contributed by atoms with Crippen molar-refractivity contribution in [3.8, 4) is 0 Å². The molecule has 0 unspecified atom stereocenters. The van der Waals surface area contributed by atoms with Crippen molar-refractivity contribution in [1.82, 2.24) is 0 Å². The van der Waals surface area contributed by atoms with Gasteiger partial charge < -0.3 is 5.11 Å². The van der Waals surface area contributed by atoms with Gasteiger partial charge in [0.05, 0.1) is 0 Å². The number of halogens is 7. The van der Waals surface area contributed by atoms with E-state index in [1.165, 1.54) is 0 Å². The van der Waals surface area contributed by atoms with Crippen molar-refractivity contribution >= 4 is 0 Å². The highest BCUT2D eigenvalue weighted by Crippen LogP contribution is 2.51. The van der Waals surface area contributed by atoms with Gasteiger partial charge in [-0.1, -0.05) is 24.3 Å². The van der Waals surface area contributed by atoms with Gasteiger partial charge in [-0.25, -0.2) is 8.78 Å². The maximum atomic E-state index is 14.0. The zero-order valence-electron chi connectivity index (χ0n) is 11.2. The molecule has 0 spiro atoms. The van der Waals surface area contributed by atoms with E-state index in [0.29, 0.717) is 48.5 Å². The minimum Gasteiger partial charge on any atom is -0.374 e. The summed E-state index contributed by atoms with van der Waals surface area (Å²) in [5.74, 6) is -7.37. The average Bonchev–Trinajstić information content (AvgIpc) is 2.46. The van der Waals surface area contributed by atoms with Gasteiger partial charge in [0, 0.05) is 0 Å². The van der Waals surface area contributed by atoms with E-state index >= 15 is 0 Å². The Bertz CT molecular complexity index is 629. The lowest BCUT2D eigenvalue weighted by molar-refractivity contribution is -0.336. The van der Waals surface area contributed by atoms with E-state index < -0.39 is 40.5 Å². The topological polar surface area (TPSA) is 20.2 Å². The minimum atomic E-state index is -6.09. The number of rotatable bonds is 3. The summed E-state index contributed by atoms with van der Waals surface area (Å²) < 4.78 is 92.2. The smallest absolute Gasteiger partial charge is 0.374 e. The Morgan fingerprint density at radius 1 is 0.609 bits per heavy atom. The summed E-state index contributed by atoms with van der Waals surface area (Å²) in [6, 6.07) is 4.98. The van der Waals surface area contributed by atoms with E-state index in [9.17, 15) is 35.8 Å². The second-order valence-corrected chi connectivity index (χ2v) is 4.80. The quantitative estimate of drug-likeness (QED) is 0.823. The molecule has 0 heterocycles. The third-order valence-electron chi connectivity index (χ3n) is 3.33. The van der Waals surface area contributed by atoms with E-state index in [0.717, 1.165) is 0 Å². The van der Waals surface area contributed by atoms with Gasteiger partial charge in [0.15, 0.2) is 5.60 Å². The molecule has 8 heteroatoms. The Morgan fingerprint density at radius 3 is 1.17 bits per heavy atom. The van der Waals surface area contributed by atoms with Crippen LogP contribution in [-0.4, -0.2) is 17.2 Å². The molecule has 124 valence electrons. The van der Waals surface area contributed by atoms with E-state index in [2.05, 4.69) is 0 Å². The first kappa shape index (κ1) is 17.3. The van der Waals surface area contributed by atoms with Crippen LogP contribution in [-0.2, 0) is 5.60 Å². The lowest BCUT2D eigenvalue weighted by Gasteiger charge is -2.37. The lowest BCUT2D eigenvalue weighted by Crippen LogP contribution is -2.55. The molecule has 2 aromatic rings. The molecule has 0 radical (unpaired) electrons. The van der Waals surface area contributed by atoms with Crippen LogP contribution in [0.5, 0.6) is 0 Å². The van der Waals surface area contributed by atoms with Crippen LogP contribution in [0.15, 0.2) is 48.5 Å². The summed E-state index contributed by atoms with van der Waals surface area (Å²) >= 11 is 0. The van der Waals surface area contributed by atoms with Gasteiger partial charge in [-0.05, 0) is 35.4 Å². The van der Waals surface area contributed by atoms with Crippen molar-refractivity contribution in [2.24, 2.45) is 0 Å². The lowest BCUT2D eigenvalue weighted by atomic mass is 9.80. The standard InChI is InChI=1S/C15H9F7O/c16-11-5-1-9(2-6-11)13(23,14(18,19)15(20,21)22)10-3-7-12(17)8-4-10/h1-8,23H. The van der Waals surface area contributed by atoms with Gasteiger partial charge >= 0.3 is 12.1 Å². The zero-order chi connectivity index (χ0) is 17.5. The Balaban J connectivity index is 2.73. The Morgan fingerprint density at radius 2 is 0.913 bits per heavy atom.